The van der Waals surface area contributed by atoms with Gasteiger partial charge in [-0.05, 0) is 6.54 Å². The van der Waals surface area contributed by atoms with Crippen LogP contribution >= 0.6 is 0 Å². The topological polar surface area (TPSA) is 46.3 Å². The molecule has 2 N–H and O–H groups in total. The summed E-state index contributed by atoms with van der Waals surface area (Å²) in [6.07, 6.45) is 0.338. The molecule has 52 valence electrons. The van der Waals surface area contributed by atoms with Crippen LogP contribution in [0.1, 0.15) is 13.3 Å². The number of carbonyl (C=O) groups is 1. The second-order valence-corrected chi connectivity index (χ2v) is 1.84. The fourth-order valence-electron chi connectivity index (χ4n) is 0.412. The van der Waals surface area contributed by atoms with Gasteiger partial charge in [-0.2, -0.15) is 0 Å². The molecule has 0 aromatic heterocycles. The molecule has 0 saturated carbocycles. The van der Waals surface area contributed by atoms with Gasteiger partial charge in [-0.25, -0.2) is 0 Å². The highest BCUT2D eigenvalue weighted by Gasteiger charge is 1.96. The van der Waals surface area contributed by atoms with Gasteiger partial charge < -0.3 is 5.73 Å². The lowest BCUT2D eigenvalue weighted by molar-refractivity contribution is -0.118. The summed E-state index contributed by atoms with van der Waals surface area (Å²) in [5.74, 6) is -0.307. The van der Waals surface area contributed by atoms with Crippen LogP contribution in [0.4, 0.5) is 0 Å². The minimum absolute atomic E-state index is 0.307. The van der Waals surface area contributed by atoms with Crippen LogP contribution in [0.3, 0.4) is 0 Å². The molecule has 0 aromatic rings. The molecule has 0 unspecified atom stereocenters. The molecule has 0 rings (SSSR count). The zero-order valence-electron chi connectivity index (χ0n) is 5.63. The number of rotatable bonds is 4. The van der Waals surface area contributed by atoms with Gasteiger partial charge >= 0.3 is 0 Å². The number of nitrogens with two attached hydrogens (primary N) is 1. The van der Waals surface area contributed by atoms with Gasteiger partial charge in [0, 0.05) is 20.0 Å². The van der Waals surface area contributed by atoms with Crippen molar-refractivity contribution < 1.29 is 4.79 Å². The summed E-state index contributed by atoms with van der Waals surface area (Å²) in [5, 5.41) is 0. The highest BCUT2D eigenvalue weighted by atomic mass is 16.1. The highest BCUT2D eigenvalue weighted by Crippen LogP contribution is 1.85. The molecule has 0 aliphatic rings. The minimum atomic E-state index is -0.307. The average molecular weight is 128 g/mol. The van der Waals surface area contributed by atoms with E-state index in [1.807, 2.05) is 6.92 Å². The Balaban J connectivity index is 3.16. The highest BCUT2D eigenvalue weighted by molar-refractivity contribution is 5.73. The van der Waals surface area contributed by atoms with Gasteiger partial charge in [-0.1, -0.05) is 6.92 Å². The lowest BCUT2D eigenvalue weighted by atomic mass is 10.4. The van der Waals surface area contributed by atoms with Crippen molar-refractivity contribution in [1.29, 1.82) is 0 Å². The Bertz CT molecular complexity index is 93.1. The Labute approximate surface area is 55.8 Å². The van der Waals surface area contributed by atoms with Crippen molar-refractivity contribution in [2.45, 2.75) is 13.3 Å². The molecule has 3 heteroatoms. The fraction of sp³-hybridized carbons (Fsp3) is 0.667. The summed E-state index contributed by atoms with van der Waals surface area (Å²) in [6.45, 7) is 3.21. The van der Waals surface area contributed by atoms with Gasteiger partial charge in [0.2, 0.25) is 5.91 Å². The predicted molar refractivity (Wildman–Crippen MR) is 35.4 cm³/mol. The predicted octanol–water partition coefficient (Wildman–Crippen LogP) is -0.148. The summed E-state index contributed by atoms with van der Waals surface area (Å²) >= 11 is 0. The smallest absolute Gasteiger partial charge is 0.218 e. The maximum Gasteiger partial charge on any atom is 0.218 e. The summed E-state index contributed by atoms with van der Waals surface area (Å²) in [7, 11) is 5.35. The molecular weight excluding hydrogens is 116 g/mol. The third-order valence-corrected chi connectivity index (χ3v) is 1.05. The SMILES string of the molecule is [CH]N(CC)CCC(N)=O. The van der Waals surface area contributed by atoms with E-state index in [0.29, 0.717) is 13.0 Å². The first-order chi connectivity index (χ1) is 4.16. The molecule has 0 aliphatic carbocycles. The van der Waals surface area contributed by atoms with Crippen LogP contribution in [0.15, 0.2) is 0 Å². The Morgan fingerprint density at radius 2 is 2.33 bits per heavy atom. The number of hydrogen-bond acceptors (Lipinski definition) is 2. The summed E-state index contributed by atoms with van der Waals surface area (Å²) in [4.78, 5) is 11.7. The standard InChI is InChI=1S/C6H12N2O/c1-3-8(2)5-4-6(7)9/h2H,3-5H2,1H3,(H2,7,9). The Kier molecular flexibility index (Phi) is 4.05. The second-order valence-electron chi connectivity index (χ2n) is 1.84. The molecule has 0 spiro atoms. The van der Waals surface area contributed by atoms with E-state index in [1.54, 1.807) is 4.90 Å². The molecule has 1 amide bonds. The monoisotopic (exact) mass is 128 g/mol. The van der Waals surface area contributed by atoms with Crippen molar-refractivity contribution in [2.75, 3.05) is 13.1 Å². The van der Waals surface area contributed by atoms with Crippen LogP contribution < -0.4 is 5.73 Å². The van der Waals surface area contributed by atoms with Gasteiger partial charge in [-0.3, -0.25) is 9.69 Å². The molecule has 0 bridgehead atoms. The maximum atomic E-state index is 10.2. The first-order valence-electron chi connectivity index (χ1n) is 2.94. The van der Waals surface area contributed by atoms with E-state index in [9.17, 15) is 4.79 Å². The van der Waals surface area contributed by atoms with Crippen molar-refractivity contribution in [1.82, 2.24) is 4.90 Å². The molecular formula is C6H12N2O. The molecule has 0 saturated heterocycles. The molecule has 0 heterocycles. The lowest BCUT2D eigenvalue weighted by Gasteiger charge is -2.09. The van der Waals surface area contributed by atoms with E-state index in [2.05, 4.69) is 0 Å². The number of hydrogen-bond donors (Lipinski definition) is 1. The Hall–Kier alpha value is -0.570. The average Bonchev–Trinajstić information content (AvgIpc) is 1.83. The largest absolute Gasteiger partial charge is 0.370 e. The van der Waals surface area contributed by atoms with Gasteiger partial charge in [0.25, 0.3) is 0 Å². The third-order valence-electron chi connectivity index (χ3n) is 1.05. The molecule has 0 fully saturated rings. The minimum Gasteiger partial charge on any atom is -0.370 e. The van der Waals surface area contributed by atoms with E-state index in [-0.39, 0.29) is 5.91 Å². The second kappa shape index (κ2) is 4.32. The fourth-order valence-corrected chi connectivity index (χ4v) is 0.412. The summed E-state index contributed by atoms with van der Waals surface area (Å²) in [6, 6.07) is 0. The first-order valence-corrected chi connectivity index (χ1v) is 2.94. The number of nitrogens with zero attached hydrogens (tertiary/aromatic N) is 1. The van der Waals surface area contributed by atoms with E-state index in [4.69, 9.17) is 12.8 Å². The normalized spacial score (nSPS) is 10.1. The Morgan fingerprint density at radius 3 is 2.67 bits per heavy atom. The van der Waals surface area contributed by atoms with Gasteiger partial charge in [0.15, 0.2) is 0 Å². The van der Waals surface area contributed by atoms with Crippen LogP contribution in [0.5, 0.6) is 0 Å². The zero-order valence-corrected chi connectivity index (χ0v) is 5.63. The first kappa shape index (κ1) is 8.43. The van der Waals surface area contributed by atoms with E-state index in [0.717, 1.165) is 6.54 Å². The van der Waals surface area contributed by atoms with Gasteiger partial charge in [0.1, 0.15) is 0 Å². The van der Waals surface area contributed by atoms with E-state index >= 15 is 0 Å². The number of carbonyl (C=O) groups excluding carboxylic acids is 1. The van der Waals surface area contributed by atoms with E-state index < -0.39 is 0 Å². The molecule has 9 heavy (non-hydrogen) atoms. The van der Waals surface area contributed by atoms with Crippen molar-refractivity contribution in [2.24, 2.45) is 5.73 Å². The third kappa shape index (κ3) is 5.30. The van der Waals surface area contributed by atoms with Gasteiger partial charge in [-0.15, -0.1) is 0 Å². The molecule has 0 aliphatic heterocycles. The van der Waals surface area contributed by atoms with Crippen molar-refractivity contribution >= 4 is 5.91 Å². The van der Waals surface area contributed by atoms with Crippen molar-refractivity contribution in [3.63, 3.8) is 0 Å². The van der Waals surface area contributed by atoms with E-state index in [1.165, 1.54) is 0 Å². The van der Waals surface area contributed by atoms with Crippen LogP contribution in [0, 0.1) is 7.05 Å². The van der Waals surface area contributed by atoms with Crippen molar-refractivity contribution in [3.05, 3.63) is 7.05 Å². The van der Waals surface area contributed by atoms with Crippen LogP contribution in [-0.4, -0.2) is 23.9 Å². The molecule has 3 nitrogen and oxygen atoms in total. The molecule has 0 aromatic carbocycles. The molecule has 0 atom stereocenters. The summed E-state index contributed by atoms with van der Waals surface area (Å²) in [5.41, 5.74) is 4.87. The maximum absolute atomic E-state index is 10.2. The van der Waals surface area contributed by atoms with Crippen LogP contribution in [-0.2, 0) is 4.79 Å². The zero-order chi connectivity index (χ0) is 7.28. The molecule has 2 radical (unpaired) electrons. The van der Waals surface area contributed by atoms with Crippen molar-refractivity contribution in [3.8, 4) is 0 Å². The lowest BCUT2D eigenvalue weighted by Crippen LogP contribution is -2.22. The number of amides is 1. The van der Waals surface area contributed by atoms with Gasteiger partial charge in [0.05, 0.1) is 0 Å². The Morgan fingerprint density at radius 1 is 1.78 bits per heavy atom. The quantitative estimate of drug-likeness (QED) is 0.535. The summed E-state index contributed by atoms with van der Waals surface area (Å²) < 4.78 is 0. The van der Waals surface area contributed by atoms with Crippen LogP contribution in [0.2, 0.25) is 0 Å². The number of primary amides is 1. The van der Waals surface area contributed by atoms with Crippen LogP contribution in [0.25, 0.3) is 0 Å².